The van der Waals surface area contributed by atoms with E-state index in [1.54, 1.807) is 30.5 Å². The Morgan fingerprint density at radius 3 is 2.79 bits per heavy atom. The average molecular weight is 374 g/mol. The van der Waals surface area contributed by atoms with Gasteiger partial charge in [-0.1, -0.05) is 24.3 Å². The number of nitrogens with zero attached hydrogens (tertiary/aromatic N) is 3. The summed E-state index contributed by atoms with van der Waals surface area (Å²) in [6.45, 7) is 1.81. The van der Waals surface area contributed by atoms with E-state index in [4.69, 9.17) is 11.5 Å². The highest BCUT2D eigenvalue weighted by molar-refractivity contribution is 6.04. The second kappa shape index (κ2) is 6.75. The minimum absolute atomic E-state index is 0.0469. The first-order chi connectivity index (χ1) is 13.5. The van der Waals surface area contributed by atoms with E-state index in [1.807, 2.05) is 19.1 Å². The van der Waals surface area contributed by atoms with E-state index in [0.717, 1.165) is 22.0 Å². The number of aromatic amines is 1. The number of carbonyl (C=O) groups excluding carboxylic acids is 1. The molecule has 0 aliphatic rings. The number of nitrogen functional groups attached to an aromatic ring is 1. The van der Waals surface area contributed by atoms with Crippen molar-refractivity contribution in [3.8, 4) is 22.6 Å². The highest BCUT2D eigenvalue weighted by Crippen LogP contribution is 2.35. The first-order valence-corrected chi connectivity index (χ1v) is 8.60. The van der Waals surface area contributed by atoms with Gasteiger partial charge in [-0.3, -0.25) is 9.89 Å². The quantitative estimate of drug-likeness (QED) is 0.431. The van der Waals surface area contributed by atoms with Crippen LogP contribution in [0.15, 0.2) is 42.6 Å². The molecule has 0 bridgehead atoms. The zero-order chi connectivity index (χ0) is 19.8. The Balaban J connectivity index is 2.04. The summed E-state index contributed by atoms with van der Waals surface area (Å²) >= 11 is 0. The normalized spacial score (nSPS) is 11.1. The Morgan fingerprint density at radius 1 is 1.21 bits per heavy atom. The number of amides is 1. The number of fused-ring (bicyclic) bond motifs is 1. The summed E-state index contributed by atoms with van der Waals surface area (Å²) in [5.74, 6) is -0.439. The van der Waals surface area contributed by atoms with Crippen LogP contribution >= 0.6 is 0 Å². The van der Waals surface area contributed by atoms with Gasteiger partial charge in [-0.05, 0) is 30.2 Å². The molecule has 8 heteroatoms. The number of nitrogens with two attached hydrogens (primary N) is 2. The number of aliphatic hydroxyl groups is 1. The third kappa shape index (κ3) is 2.85. The Kier molecular flexibility index (Phi) is 4.25. The third-order valence-corrected chi connectivity index (χ3v) is 4.62. The molecule has 140 valence electrons. The average Bonchev–Trinajstić information content (AvgIpc) is 3.17. The number of rotatable bonds is 4. The zero-order valence-corrected chi connectivity index (χ0v) is 15.1. The molecule has 2 aromatic carbocycles. The van der Waals surface area contributed by atoms with Crippen LogP contribution in [0.5, 0.6) is 0 Å². The Bertz CT molecular complexity index is 1210. The second-order valence-corrected chi connectivity index (χ2v) is 6.47. The fourth-order valence-electron chi connectivity index (χ4n) is 3.23. The van der Waals surface area contributed by atoms with Gasteiger partial charge in [0.2, 0.25) is 0 Å². The molecule has 28 heavy (non-hydrogen) atoms. The summed E-state index contributed by atoms with van der Waals surface area (Å²) in [7, 11) is 0. The minimum Gasteiger partial charge on any atom is -0.395 e. The van der Waals surface area contributed by atoms with Gasteiger partial charge in [-0.15, -0.1) is 0 Å². The van der Waals surface area contributed by atoms with E-state index >= 15 is 0 Å². The van der Waals surface area contributed by atoms with Crippen LogP contribution in [0.3, 0.4) is 0 Å². The molecule has 0 spiro atoms. The molecule has 8 nitrogen and oxygen atoms in total. The van der Waals surface area contributed by atoms with Crippen molar-refractivity contribution < 1.29 is 9.90 Å². The van der Waals surface area contributed by atoms with Crippen molar-refractivity contribution in [3.63, 3.8) is 0 Å². The van der Waals surface area contributed by atoms with Gasteiger partial charge in [-0.2, -0.15) is 5.10 Å². The molecule has 6 N–H and O–H groups in total. The van der Waals surface area contributed by atoms with Crippen LogP contribution in [-0.4, -0.2) is 31.2 Å². The van der Waals surface area contributed by atoms with Crippen LogP contribution in [0.25, 0.3) is 33.5 Å². The molecule has 0 radical (unpaired) electrons. The summed E-state index contributed by atoms with van der Waals surface area (Å²) in [5, 5.41) is 17.3. The summed E-state index contributed by atoms with van der Waals surface area (Å²) < 4.78 is 0. The molecule has 1 amide bonds. The van der Waals surface area contributed by atoms with Crippen LogP contribution in [0.2, 0.25) is 0 Å². The molecule has 0 saturated heterocycles. The number of benzene rings is 2. The number of aromatic nitrogens is 4. The molecular weight excluding hydrogens is 356 g/mol. The van der Waals surface area contributed by atoms with E-state index in [-0.39, 0.29) is 18.0 Å². The van der Waals surface area contributed by atoms with Crippen LogP contribution in [-0.2, 0) is 6.61 Å². The lowest BCUT2D eigenvalue weighted by Crippen LogP contribution is -2.18. The first kappa shape index (κ1) is 17.6. The summed E-state index contributed by atoms with van der Waals surface area (Å²) in [6, 6.07) is 11.0. The number of aliphatic hydroxyl groups excluding tert-OH is 1. The summed E-state index contributed by atoms with van der Waals surface area (Å²) in [6.07, 6.45) is 1.69. The summed E-state index contributed by atoms with van der Waals surface area (Å²) in [5.41, 5.74) is 16.1. The zero-order valence-electron chi connectivity index (χ0n) is 15.1. The second-order valence-electron chi connectivity index (χ2n) is 6.47. The molecule has 0 unspecified atom stereocenters. The molecule has 0 saturated carbocycles. The maximum Gasteiger partial charge on any atom is 0.269 e. The molecule has 0 aliphatic heterocycles. The Labute approximate surface area is 160 Å². The number of carbonyl (C=O) groups is 1. The van der Waals surface area contributed by atoms with Crippen molar-refractivity contribution in [2.24, 2.45) is 5.73 Å². The predicted molar refractivity (Wildman–Crippen MR) is 106 cm³/mol. The lowest BCUT2D eigenvalue weighted by atomic mass is 9.99. The number of aryl methyl sites for hydroxylation is 1. The van der Waals surface area contributed by atoms with Gasteiger partial charge in [0.25, 0.3) is 5.91 Å². The largest absolute Gasteiger partial charge is 0.395 e. The number of H-pyrrole nitrogens is 1. The number of hydrogen-bond donors (Lipinski definition) is 4. The van der Waals surface area contributed by atoms with Gasteiger partial charge in [-0.25, -0.2) is 9.97 Å². The molecule has 4 rings (SSSR count). The van der Waals surface area contributed by atoms with Gasteiger partial charge in [0.1, 0.15) is 0 Å². The number of primary amides is 1. The summed E-state index contributed by atoms with van der Waals surface area (Å²) in [4.78, 5) is 20.9. The number of hydrogen-bond acceptors (Lipinski definition) is 6. The van der Waals surface area contributed by atoms with Gasteiger partial charge >= 0.3 is 0 Å². The van der Waals surface area contributed by atoms with E-state index in [1.165, 1.54) is 0 Å². The SMILES string of the molecule is Cc1ccc2[nH]ncc2c1-c1nc(-c2cccc(CO)c2)nc(C(N)=O)c1N. The van der Waals surface area contributed by atoms with Gasteiger partial charge < -0.3 is 16.6 Å². The Hall–Kier alpha value is -3.78. The first-order valence-electron chi connectivity index (χ1n) is 8.60. The lowest BCUT2D eigenvalue weighted by Gasteiger charge is -2.14. The fourth-order valence-corrected chi connectivity index (χ4v) is 3.23. The highest BCUT2D eigenvalue weighted by atomic mass is 16.3. The van der Waals surface area contributed by atoms with Crippen molar-refractivity contribution in [3.05, 3.63) is 59.4 Å². The lowest BCUT2D eigenvalue weighted by molar-refractivity contribution is 0.0996. The van der Waals surface area contributed by atoms with E-state index in [2.05, 4.69) is 20.2 Å². The van der Waals surface area contributed by atoms with E-state index < -0.39 is 5.91 Å². The van der Waals surface area contributed by atoms with Crippen LogP contribution in [0, 0.1) is 6.92 Å². The van der Waals surface area contributed by atoms with Crippen molar-refractivity contribution in [1.29, 1.82) is 0 Å². The molecule has 0 atom stereocenters. The molecule has 4 aromatic rings. The van der Waals surface area contributed by atoms with Crippen molar-refractivity contribution >= 4 is 22.5 Å². The maximum absolute atomic E-state index is 12.0. The van der Waals surface area contributed by atoms with Crippen LogP contribution in [0.4, 0.5) is 5.69 Å². The van der Waals surface area contributed by atoms with Gasteiger partial charge in [0.15, 0.2) is 11.5 Å². The Morgan fingerprint density at radius 2 is 2.04 bits per heavy atom. The van der Waals surface area contributed by atoms with Crippen LogP contribution in [0.1, 0.15) is 21.6 Å². The predicted octanol–water partition coefficient (Wildman–Crippen LogP) is 2.17. The minimum atomic E-state index is -0.738. The molecular formula is C20H18N6O2. The van der Waals surface area contributed by atoms with Crippen LogP contribution < -0.4 is 11.5 Å². The highest BCUT2D eigenvalue weighted by Gasteiger charge is 2.21. The van der Waals surface area contributed by atoms with Gasteiger partial charge in [0.05, 0.1) is 29.7 Å². The fraction of sp³-hybridized carbons (Fsp3) is 0.100. The smallest absolute Gasteiger partial charge is 0.269 e. The van der Waals surface area contributed by atoms with E-state index in [0.29, 0.717) is 22.6 Å². The third-order valence-electron chi connectivity index (χ3n) is 4.62. The molecule has 2 heterocycles. The molecule has 0 aliphatic carbocycles. The van der Waals surface area contributed by atoms with Gasteiger partial charge in [0, 0.05) is 16.5 Å². The van der Waals surface area contributed by atoms with Crippen molar-refractivity contribution in [2.45, 2.75) is 13.5 Å². The molecule has 2 aromatic heterocycles. The number of anilines is 1. The van der Waals surface area contributed by atoms with Crippen molar-refractivity contribution in [2.75, 3.05) is 5.73 Å². The standard InChI is InChI=1S/C20H18N6O2/c1-10-5-6-14-13(8-23-26-14)15(10)17-16(21)18(19(22)28)25-20(24-17)12-4-2-3-11(7-12)9-27/h2-8,27H,9,21H2,1H3,(H2,22,28)(H,23,26). The monoisotopic (exact) mass is 374 g/mol. The van der Waals surface area contributed by atoms with Crippen molar-refractivity contribution in [1.82, 2.24) is 20.2 Å². The molecule has 0 fully saturated rings. The maximum atomic E-state index is 12.0. The topological polar surface area (TPSA) is 144 Å². The number of nitrogens with one attached hydrogen (secondary N) is 1. The van der Waals surface area contributed by atoms with E-state index in [9.17, 15) is 9.90 Å².